The summed E-state index contributed by atoms with van der Waals surface area (Å²) in [4.78, 5) is 37.9. The molecule has 0 aromatic carbocycles. The summed E-state index contributed by atoms with van der Waals surface area (Å²) in [7, 11) is 0. The number of ether oxygens (including phenoxy) is 3. The van der Waals surface area contributed by atoms with Crippen LogP contribution in [-0.2, 0) is 28.6 Å². The molecule has 0 saturated carbocycles. The van der Waals surface area contributed by atoms with E-state index in [1.165, 1.54) is 135 Å². The quantitative estimate of drug-likeness (QED) is 0.0263. The standard InChI is InChI=1S/C54H96O6/c1-4-7-10-13-16-19-22-25-27-29-32-35-38-41-44-47-53(56)59-50-51(49-58-52(55)46-43-40-37-34-31-24-21-18-15-12-9-6-3)60-54(57)48-45-42-39-36-33-30-28-26-23-20-17-14-11-8-5-2/h16,19,25-28,32,35,51H,4-15,17-18,20-24,29-31,33-34,36-50H2,1-3H3/b19-16-,27-25-,28-26-,35-32-/t51-/m0/s1. The zero-order valence-corrected chi connectivity index (χ0v) is 39.7. The lowest BCUT2D eigenvalue weighted by Crippen LogP contribution is -2.30. The number of unbranched alkanes of at least 4 members (excludes halogenated alkanes) is 27. The van der Waals surface area contributed by atoms with E-state index < -0.39 is 6.10 Å². The average molecular weight is 841 g/mol. The molecule has 348 valence electrons. The van der Waals surface area contributed by atoms with Crippen LogP contribution in [0.4, 0.5) is 0 Å². The van der Waals surface area contributed by atoms with Crippen molar-refractivity contribution < 1.29 is 28.6 Å². The first-order valence-corrected chi connectivity index (χ1v) is 25.6. The third-order valence-corrected chi connectivity index (χ3v) is 11.1. The second-order valence-electron chi connectivity index (χ2n) is 17.1. The van der Waals surface area contributed by atoms with Crippen molar-refractivity contribution in [3.8, 4) is 0 Å². The number of esters is 3. The van der Waals surface area contributed by atoms with Crippen LogP contribution >= 0.6 is 0 Å². The molecule has 0 aromatic rings. The molecule has 0 aliphatic rings. The minimum atomic E-state index is -0.789. The molecule has 0 amide bonds. The number of allylic oxidation sites excluding steroid dienone is 8. The minimum absolute atomic E-state index is 0.0863. The molecule has 0 aliphatic heterocycles. The molecule has 0 unspecified atom stereocenters. The Balaban J connectivity index is 4.44. The Kier molecular flexibility index (Phi) is 46.9. The van der Waals surface area contributed by atoms with E-state index in [4.69, 9.17) is 14.2 Å². The van der Waals surface area contributed by atoms with Gasteiger partial charge in [-0.05, 0) is 83.5 Å². The zero-order valence-electron chi connectivity index (χ0n) is 39.7. The van der Waals surface area contributed by atoms with Crippen molar-refractivity contribution >= 4 is 17.9 Å². The van der Waals surface area contributed by atoms with Gasteiger partial charge >= 0.3 is 17.9 Å². The van der Waals surface area contributed by atoms with Gasteiger partial charge in [0.05, 0.1) is 0 Å². The molecule has 0 radical (unpaired) electrons. The van der Waals surface area contributed by atoms with Crippen molar-refractivity contribution in [3.05, 3.63) is 48.6 Å². The summed E-state index contributed by atoms with van der Waals surface area (Å²) in [6.07, 6.45) is 58.0. The van der Waals surface area contributed by atoms with E-state index in [-0.39, 0.29) is 31.1 Å². The maximum Gasteiger partial charge on any atom is 0.306 e. The fraction of sp³-hybridized carbons (Fsp3) is 0.796. The lowest BCUT2D eigenvalue weighted by atomic mass is 10.0. The highest BCUT2D eigenvalue weighted by Crippen LogP contribution is 2.14. The molecule has 0 bridgehead atoms. The number of rotatable bonds is 46. The molecular weight excluding hydrogens is 745 g/mol. The van der Waals surface area contributed by atoms with E-state index in [2.05, 4.69) is 69.4 Å². The summed E-state index contributed by atoms with van der Waals surface area (Å²) < 4.78 is 16.7. The summed E-state index contributed by atoms with van der Waals surface area (Å²) in [6, 6.07) is 0. The monoisotopic (exact) mass is 841 g/mol. The average Bonchev–Trinajstić information content (AvgIpc) is 3.24. The lowest BCUT2D eigenvalue weighted by Gasteiger charge is -2.18. The van der Waals surface area contributed by atoms with Crippen LogP contribution in [0.3, 0.4) is 0 Å². The maximum atomic E-state index is 12.8. The number of hydrogen-bond donors (Lipinski definition) is 0. The molecule has 0 N–H and O–H groups in total. The molecule has 60 heavy (non-hydrogen) atoms. The number of carbonyl (C=O) groups is 3. The van der Waals surface area contributed by atoms with Crippen molar-refractivity contribution in [1.29, 1.82) is 0 Å². The van der Waals surface area contributed by atoms with E-state index in [0.717, 1.165) is 83.5 Å². The van der Waals surface area contributed by atoms with Crippen LogP contribution in [0, 0.1) is 0 Å². The van der Waals surface area contributed by atoms with Crippen molar-refractivity contribution in [3.63, 3.8) is 0 Å². The molecule has 0 fully saturated rings. The summed E-state index contributed by atoms with van der Waals surface area (Å²) in [6.45, 7) is 6.57. The third-order valence-electron chi connectivity index (χ3n) is 11.1. The number of hydrogen-bond acceptors (Lipinski definition) is 6. The zero-order chi connectivity index (χ0) is 43.7. The Bertz CT molecular complexity index is 1060. The van der Waals surface area contributed by atoms with E-state index in [1.54, 1.807) is 0 Å². The van der Waals surface area contributed by atoms with Crippen LogP contribution in [0.5, 0.6) is 0 Å². The van der Waals surface area contributed by atoms with Crippen molar-refractivity contribution in [2.75, 3.05) is 13.2 Å². The summed E-state index contributed by atoms with van der Waals surface area (Å²) in [5.74, 6) is -0.929. The van der Waals surface area contributed by atoms with Crippen molar-refractivity contribution in [2.24, 2.45) is 0 Å². The molecule has 1 atom stereocenters. The van der Waals surface area contributed by atoms with Gasteiger partial charge in [0, 0.05) is 19.3 Å². The van der Waals surface area contributed by atoms with Gasteiger partial charge in [0.2, 0.25) is 0 Å². The minimum Gasteiger partial charge on any atom is -0.462 e. The number of carbonyl (C=O) groups excluding carboxylic acids is 3. The van der Waals surface area contributed by atoms with Crippen LogP contribution in [0.25, 0.3) is 0 Å². The van der Waals surface area contributed by atoms with Gasteiger partial charge in [-0.2, -0.15) is 0 Å². The van der Waals surface area contributed by atoms with Gasteiger partial charge < -0.3 is 14.2 Å². The first-order chi connectivity index (χ1) is 29.5. The summed E-state index contributed by atoms with van der Waals surface area (Å²) >= 11 is 0. The van der Waals surface area contributed by atoms with E-state index in [0.29, 0.717) is 19.3 Å². The molecule has 6 heteroatoms. The van der Waals surface area contributed by atoms with Gasteiger partial charge in [-0.25, -0.2) is 0 Å². The second kappa shape index (κ2) is 49.0. The maximum absolute atomic E-state index is 12.8. The molecule has 0 heterocycles. The van der Waals surface area contributed by atoms with Crippen LogP contribution < -0.4 is 0 Å². The van der Waals surface area contributed by atoms with Crippen molar-refractivity contribution in [2.45, 2.75) is 264 Å². The Hall–Kier alpha value is -2.63. The van der Waals surface area contributed by atoms with Gasteiger partial charge in [-0.1, -0.05) is 204 Å². The topological polar surface area (TPSA) is 78.9 Å². The van der Waals surface area contributed by atoms with Gasteiger partial charge in [0.25, 0.3) is 0 Å². The van der Waals surface area contributed by atoms with Crippen LogP contribution in [-0.4, -0.2) is 37.2 Å². The Morgan fingerprint density at radius 2 is 0.600 bits per heavy atom. The van der Waals surface area contributed by atoms with Crippen LogP contribution in [0.15, 0.2) is 48.6 Å². The van der Waals surface area contributed by atoms with Crippen LogP contribution in [0.2, 0.25) is 0 Å². The highest BCUT2D eigenvalue weighted by molar-refractivity contribution is 5.71. The van der Waals surface area contributed by atoms with Gasteiger partial charge in [-0.3, -0.25) is 14.4 Å². The molecule has 0 aliphatic carbocycles. The van der Waals surface area contributed by atoms with E-state index in [9.17, 15) is 14.4 Å². The Morgan fingerprint density at radius 1 is 0.333 bits per heavy atom. The predicted molar refractivity (Wildman–Crippen MR) is 256 cm³/mol. The largest absolute Gasteiger partial charge is 0.462 e. The molecule has 0 aromatic heterocycles. The van der Waals surface area contributed by atoms with Gasteiger partial charge in [0.1, 0.15) is 13.2 Å². The first kappa shape index (κ1) is 57.4. The Morgan fingerprint density at radius 3 is 1.02 bits per heavy atom. The molecular formula is C54H96O6. The molecule has 0 saturated heterocycles. The highest BCUT2D eigenvalue weighted by Gasteiger charge is 2.19. The predicted octanol–water partition coefficient (Wildman–Crippen LogP) is 16.7. The van der Waals surface area contributed by atoms with E-state index >= 15 is 0 Å². The second-order valence-corrected chi connectivity index (χ2v) is 17.1. The lowest BCUT2D eigenvalue weighted by molar-refractivity contribution is -0.167. The Labute approximate surface area is 371 Å². The summed E-state index contributed by atoms with van der Waals surface area (Å²) in [5, 5.41) is 0. The highest BCUT2D eigenvalue weighted by atomic mass is 16.6. The van der Waals surface area contributed by atoms with Crippen LogP contribution in [0.1, 0.15) is 258 Å². The molecule has 0 spiro atoms. The fourth-order valence-corrected chi connectivity index (χ4v) is 7.15. The van der Waals surface area contributed by atoms with Crippen molar-refractivity contribution in [1.82, 2.24) is 0 Å². The van der Waals surface area contributed by atoms with Gasteiger partial charge in [-0.15, -0.1) is 0 Å². The SMILES string of the molecule is CCCCC/C=C\C/C=C\C/C=C\CCCCC(=O)OC[C@H](COC(=O)CCCCCCCCCCCCCC)OC(=O)CCCCCCC/C=C\CCCCCCCC. The molecule has 6 nitrogen and oxygen atoms in total. The first-order valence-electron chi connectivity index (χ1n) is 25.6. The third kappa shape index (κ3) is 46.4. The summed E-state index contributed by atoms with van der Waals surface area (Å²) in [5.41, 5.74) is 0. The molecule has 0 rings (SSSR count). The smallest absolute Gasteiger partial charge is 0.306 e. The fourth-order valence-electron chi connectivity index (χ4n) is 7.15. The normalized spacial score (nSPS) is 12.4. The van der Waals surface area contributed by atoms with E-state index in [1.807, 2.05) is 0 Å². The van der Waals surface area contributed by atoms with Gasteiger partial charge in [0.15, 0.2) is 6.10 Å².